The Hall–Kier alpha value is -1.33. The highest BCUT2D eigenvalue weighted by molar-refractivity contribution is 6.49. The van der Waals surface area contributed by atoms with Crippen LogP contribution in [0.15, 0.2) is 18.2 Å². The number of nitrogens with one attached hydrogen (secondary N) is 1. The normalized spacial score (nSPS) is 13.3. The average molecular weight is 175 g/mol. The van der Waals surface area contributed by atoms with Crippen molar-refractivity contribution < 1.29 is 9.45 Å². The molecule has 0 saturated heterocycles. The van der Waals surface area contributed by atoms with Crippen molar-refractivity contribution in [2.45, 2.75) is 6.61 Å². The maximum atomic E-state index is 11.1. The predicted molar refractivity (Wildman–Crippen MR) is 48.3 cm³/mol. The molecule has 1 aliphatic rings. The number of nitrogens with two attached hydrogens (primary N) is 1. The zero-order chi connectivity index (χ0) is 9.26. The van der Waals surface area contributed by atoms with E-state index in [1.807, 2.05) is 6.07 Å². The van der Waals surface area contributed by atoms with Crippen molar-refractivity contribution in [3.05, 3.63) is 29.3 Å². The number of hydrazine groups is 1. The predicted octanol–water partition coefficient (Wildman–Crippen LogP) is -0.935. The molecular weight excluding hydrogens is 167 g/mol. The van der Waals surface area contributed by atoms with E-state index in [0.717, 1.165) is 11.0 Å². The maximum absolute atomic E-state index is 11.1. The van der Waals surface area contributed by atoms with Crippen molar-refractivity contribution in [3.8, 4) is 0 Å². The highest BCUT2D eigenvalue weighted by Gasteiger charge is 2.15. The third kappa shape index (κ3) is 1.43. The quantitative estimate of drug-likeness (QED) is 0.250. The molecule has 0 aliphatic carbocycles. The van der Waals surface area contributed by atoms with Crippen molar-refractivity contribution in [2.24, 2.45) is 5.84 Å². The number of hydrogen-bond acceptors (Lipinski definition) is 3. The molecule has 13 heavy (non-hydrogen) atoms. The van der Waals surface area contributed by atoms with Gasteiger partial charge in [-0.05, 0) is 17.1 Å². The second-order valence-corrected chi connectivity index (χ2v) is 2.82. The van der Waals surface area contributed by atoms with Crippen LogP contribution in [0.4, 0.5) is 0 Å². The Morgan fingerprint density at radius 2 is 2.46 bits per heavy atom. The average Bonchev–Trinajstić information content (AvgIpc) is 2.63. The van der Waals surface area contributed by atoms with E-state index < -0.39 is 0 Å². The van der Waals surface area contributed by atoms with Crippen molar-refractivity contribution in [1.29, 1.82) is 0 Å². The van der Waals surface area contributed by atoms with Crippen LogP contribution in [0.3, 0.4) is 0 Å². The van der Waals surface area contributed by atoms with Gasteiger partial charge in [0.15, 0.2) is 0 Å². The standard InChI is InChI=1S/C8H8BN2O2/c10-11-8(12)5-1-2-6-4-13-9-7(6)3-5/h1-3H,4,10H2,(H,11,12). The summed E-state index contributed by atoms with van der Waals surface area (Å²) in [5, 5.41) is 0. The van der Waals surface area contributed by atoms with E-state index in [-0.39, 0.29) is 5.91 Å². The van der Waals surface area contributed by atoms with Crippen LogP contribution in [0.1, 0.15) is 15.9 Å². The molecule has 0 saturated carbocycles. The molecule has 0 fully saturated rings. The first-order valence-corrected chi connectivity index (χ1v) is 3.90. The minimum atomic E-state index is -0.289. The van der Waals surface area contributed by atoms with Gasteiger partial charge in [0.2, 0.25) is 0 Å². The Morgan fingerprint density at radius 1 is 1.62 bits per heavy atom. The number of rotatable bonds is 1. The molecule has 0 atom stereocenters. The second-order valence-electron chi connectivity index (χ2n) is 2.82. The van der Waals surface area contributed by atoms with Gasteiger partial charge >= 0.3 is 7.48 Å². The zero-order valence-corrected chi connectivity index (χ0v) is 6.91. The molecule has 0 aromatic heterocycles. The molecule has 3 N–H and O–H groups in total. The molecular formula is C8H8BN2O2. The van der Waals surface area contributed by atoms with Crippen LogP contribution in [-0.4, -0.2) is 13.4 Å². The number of benzene rings is 1. The third-order valence-corrected chi connectivity index (χ3v) is 1.99. The molecule has 0 unspecified atom stereocenters. The summed E-state index contributed by atoms with van der Waals surface area (Å²) in [7, 11) is 1.64. The first-order valence-electron chi connectivity index (χ1n) is 3.90. The lowest BCUT2D eigenvalue weighted by atomic mass is 9.86. The van der Waals surface area contributed by atoms with Crippen molar-refractivity contribution >= 4 is 18.9 Å². The van der Waals surface area contributed by atoms with Gasteiger partial charge in [0.1, 0.15) is 0 Å². The van der Waals surface area contributed by atoms with Gasteiger partial charge in [-0.2, -0.15) is 0 Å². The number of hydrogen-bond donors (Lipinski definition) is 2. The van der Waals surface area contributed by atoms with E-state index in [1.54, 1.807) is 19.6 Å². The molecule has 1 amide bonds. The van der Waals surface area contributed by atoms with Crippen LogP contribution >= 0.6 is 0 Å². The van der Waals surface area contributed by atoms with Crippen LogP contribution < -0.4 is 16.7 Å². The largest absolute Gasteiger partial charge is 0.430 e. The molecule has 1 aliphatic heterocycles. The molecule has 1 radical (unpaired) electrons. The SMILES string of the molecule is NNC(=O)c1ccc2c(c1)[B]OC2. The second kappa shape index (κ2) is 3.20. The van der Waals surface area contributed by atoms with Gasteiger partial charge < -0.3 is 4.65 Å². The Balaban J connectivity index is 2.36. The summed E-state index contributed by atoms with van der Waals surface area (Å²) in [4.78, 5) is 11.1. The number of carbonyl (C=O) groups excluding carboxylic acids is 1. The number of fused-ring (bicyclic) bond motifs is 1. The van der Waals surface area contributed by atoms with E-state index in [1.165, 1.54) is 0 Å². The van der Waals surface area contributed by atoms with E-state index in [0.29, 0.717) is 12.2 Å². The number of amides is 1. The van der Waals surface area contributed by atoms with Crippen LogP contribution in [0, 0.1) is 0 Å². The monoisotopic (exact) mass is 175 g/mol. The first kappa shape index (κ1) is 8.28. The van der Waals surface area contributed by atoms with Gasteiger partial charge in [-0.15, -0.1) is 0 Å². The van der Waals surface area contributed by atoms with E-state index in [2.05, 4.69) is 5.43 Å². The van der Waals surface area contributed by atoms with Crippen molar-refractivity contribution in [2.75, 3.05) is 0 Å². The summed E-state index contributed by atoms with van der Waals surface area (Å²) in [6, 6.07) is 5.34. The summed E-state index contributed by atoms with van der Waals surface area (Å²) in [6.45, 7) is 0.583. The fourth-order valence-electron chi connectivity index (χ4n) is 1.28. The summed E-state index contributed by atoms with van der Waals surface area (Å²) in [6.07, 6.45) is 0. The fraction of sp³-hybridized carbons (Fsp3) is 0.125. The molecule has 4 nitrogen and oxygen atoms in total. The highest BCUT2D eigenvalue weighted by atomic mass is 16.4. The van der Waals surface area contributed by atoms with Gasteiger partial charge in [-0.1, -0.05) is 12.1 Å². The molecule has 1 aromatic carbocycles. The topological polar surface area (TPSA) is 64.3 Å². The van der Waals surface area contributed by atoms with E-state index in [4.69, 9.17) is 10.5 Å². The number of nitrogen functional groups attached to an aromatic ring is 1. The fourth-order valence-corrected chi connectivity index (χ4v) is 1.28. The van der Waals surface area contributed by atoms with Crippen LogP contribution in [0.5, 0.6) is 0 Å². The molecule has 1 aromatic rings. The van der Waals surface area contributed by atoms with Gasteiger partial charge in [0.25, 0.3) is 5.91 Å². The lowest BCUT2D eigenvalue weighted by Crippen LogP contribution is -2.31. The summed E-state index contributed by atoms with van der Waals surface area (Å²) in [5.41, 5.74) is 4.66. The summed E-state index contributed by atoms with van der Waals surface area (Å²) in [5.74, 6) is 4.72. The first-order chi connectivity index (χ1) is 6.31. The van der Waals surface area contributed by atoms with Gasteiger partial charge in [0, 0.05) is 5.56 Å². The third-order valence-electron chi connectivity index (χ3n) is 1.99. The molecule has 2 rings (SSSR count). The Bertz CT molecular complexity index is 354. The van der Waals surface area contributed by atoms with E-state index in [9.17, 15) is 4.79 Å². The minimum absolute atomic E-state index is 0.289. The van der Waals surface area contributed by atoms with Crippen molar-refractivity contribution in [1.82, 2.24) is 5.43 Å². The minimum Gasteiger partial charge on any atom is -0.430 e. The van der Waals surface area contributed by atoms with Crippen LogP contribution in [0.2, 0.25) is 0 Å². The van der Waals surface area contributed by atoms with E-state index >= 15 is 0 Å². The molecule has 0 bridgehead atoms. The lowest BCUT2D eigenvalue weighted by Gasteiger charge is -2.01. The Labute approximate surface area is 76.3 Å². The van der Waals surface area contributed by atoms with Gasteiger partial charge in [-0.3, -0.25) is 10.2 Å². The molecule has 1 heterocycles. The highest BCUT2D eigenvalue weighted by Crippen LogP contribution is 2.07. The van der Waals surface area contributed by atoms with Gasteiger partial charge in [0.05, 0.1) is 6.61 Å². The zero-order valence-electron chi connectivity index (χ0n) is 6.91. The smallest absolute Gasteiger partial charge is 0.330 e. The molecule has 5 heteroatoms. The molecule has 0 spiro atoms. The number of carbonyl (C=O) groups is 1. The molecule has 65 valence electrons. The van der Waals surface area contributed by atoms with Crippen molar-refractivity contribution in [3.63, 3.8) is 0 Å². The van der Waals surface area contributed by atoms with Crippen LogP contribution in [0.25, 0.3) is 0 Å². The maximum Gasteiger partial charge on any atom is 0.330 e. The Morgan fingerprint density at radius 3 is 3.23 bits per heavy atom. The summed E-state index contributed by atoms with van der Waals surface area (Å²) < 4.78 is 5.10. The Kier molecular flexibility index (Phi) is 2.04. The lowest BCUT2D eigenvalue weighted by molar-refractivity contribution is 0.0953. The van der Waals surface area contributed by atoms with Crippen LogP contribution in [-0.2, 0) is 11.3 Å². The summed E-state index contributed by atoms with van der Waals surface area (Å²) >= 11 is 0. The van der Waals surface area contributed by atoms with Gasteiger partial charge in [-0.25, -0.2) is 5.84 Å².